The van der Waals surface area contributed by atoms with Gasteiger partial charge in [-0.05, 0) is 70.6 Å². The van der Waals surface area contributed by atoms with Crippen molar-refractivity contribution in [1.82, 2.24) is 0 Å². The molecular formula is C40H64O5. The van der Waals surface area contributed by atoms with E-state index in [2.05, 4.69) is 98.9 Å². The van der Waals surface area contributed by atoms with Crippen molar-refractivity contribution in [3.8, 4) is 0 Å². The van der Waals surface area contributed by atoms with Crippen LogP contribution >= 0.6 is 0 Å². The van der Waals surface area contributed by atoms with Gasteiger partial charge in [-0.1, -0.05) is 137 Å². The zero-order valence-corrected chi connectivity index (χ0v) is 28.6. The summed E-state index contributed by atoms with van der Waals surface area (Å²) in [4.78, 5) is 23.9. The van der Waals surface area contributed by atoms with E-state index in [1.807, 2.05) is 0 Å². The zero-order chi connectivity index (χ0) is 32.9. The van der Waals surface area contributed by atoms with E-state index in [1.165, 1.54) is 19.3 Å². The zero-order valence-electron chi connectivity index (χ0n) is 28.6. The quantitative estimate of drug-likeness (QED) is 0.0489. The molecule has 0 bridgehead atoms. The van der Waals surface area contributed by atoms with E-state index in [-0.39, 0.29) is 25.2 Å². The molecule has 0 aromatic heterocycles. The standard InChI is InChI=1S/C40H64O5/c1-3-5-7-9-11-12-13-14-15-16-17-18-19-20-21-22-23-24-25-26-27-28-29-31-33-35-40(43)45-38(36-41)37-44-39(42)34-32-30-10-8-6-4-2/h5,7,11-12,14-15,17-18,20-21,23-24,26-27,38,41H,3-4,6,8-10,13,16,19,22,25,28-37H2,1-2H3/b7-5-,12-11-,15-14-,18-17-,21-20-,24-23-,27-26-. The molecule has 0 saturated carbocycles. The first kappa shape index (κ1) is 42.1. The fraction of sp³-hybridized carbons (Fsp3) is 0.600. The highest BCUT2D eigenvalue weighted by atomic mass is 16.6. The lowest BCUT2D eigenvalue weighted by Gasteiger charge is -2.15. The van der Waals surface area contributed by atoms with Gasteiger partial charge in [0.05, 0.1) is 6.61 Å². The number of esters is 2. The van der Waals surface area contributed by atoms with Gasteiger partial charge in [0.25, 0.3) is 0 Å². The Labute approximate surface area is 275 Å². The summed E-state index contributed by atoms with van der Waals surface area (Å²) >= 11 is 0. The molecule has 0 spiro atoms. The van der Waals surface area contributed by atoms with E-state index in [9.17, 15) is 14.7 Å². The highest BCUT2D eigenvalue weighted by Crippen LogP contribution is 2.09. The Hall–Kier alpha value is -2.92. The predicted molar refractivity (Wildman–Crippen MR) is 191 cm³/mol. The van der Waals surface area contributed by atoms with Gasteiger partial charge in [0.15, 0.2) is 6.10 Å². The average molecular weight is 625 g/mol. The lowest BCUT2D eigenvalue weighted by atomic mass is 10.1. The highest BCUT2D eigenvalue weighted by Gasteiger charge is 2.16. The summed E-state index contributed by atoms with van der Waals surface area (Å²) in [6, 6.07) is 0. The first-order valence-electron chi connectivity index (χ1n) is 17.6. The average Bonchev–Trinajstić information content (AvgIpc) is 3.04. The highest BCUT2D eigenvalue weighted by molar-refractivity contribution is 5.70. The fourth-order valence-electron chi connectivity index (χ4n) is 4.30. The van der Waals surface area contributed by atoms with Gasteiger partial charge < -0.3 is 14.6 Å². The van der Waals surface area contributed by atoms with Crippen LogP contribution in [0, 0.1) is 0 Å². The van der Waals surface area contributed by atoms with Crippen molar-refractivity contribution < 1.29 is 24.2 Å². The van der Waals surface area contributed by atoms with E-state index in [0.717, 1.165) is 89.9 Å². The minimum Gasteiger partial charge on any atom is -0.462 e. The number of allylic oxidation sites excluding steroid dienone is 14. The Kier molecular flexibility index (Phi) is 33.3. The summed E-state index contributed by atoms with van der Waals surface area (Å²) < 4.78 is 10.5. The summed E-state index contributed by atoms with van der Waals surface area (Å²) in [6.07, 6.45) is 48.1. The van der Waals surface area contributed by atoms with Crippen molar-refractivity contribution in [3.63, 3.8) is 0 Å². The smallest absolute Gasteiger partial charge is 0.306 e. The minimum absolute atomic E-state index is 0.0849. The molecule has 5 heteroatoms. The van der Waals surface area contributed by atoms with Crippen LogP contribution in [0.2, 0.25) is 0 Å². The second kappa shape index (κ2) is 35.6. The molecule has 254 valence electrons. The molecule has 45 heavy (non-hydrogen) atoms. The van der Waals surface area contributed by atoms with E-state index >= 15 is 0 Å². The largest absolute Gasteiger partial charge is 0.462 e. The maximum Gasteiger partial charge on any atom is 0.306 e. The first-order chi connectivity index (χ1) is 22.1. The van der Waals surface area contributed by atoms with Gasteiger partial charge in [0.1, 0.15) is 6.61 Å². The number of aliphatic hydroxyl groups is 1. The maximum atomic E-state index is 12.1. The topological polar surface area (TPSA) is 72.8 Å². The molecule has 0 aromatic rings. The van der Waals surface area contributed by atoms with Gasteiger partial charge in [-0.15, -0.1) is 0 Å². The van der Waals surface area contributed by atoms with Gasteiger partial charge in [-0.2, -0.15) is 0 Å². The third-order valence-electron chi connectivity index (χ3n) is 6.95. The first-order valence-corrected chi connectivity index (χ1v) is 17.6. The molecule has 5 nitrogen and oxygen atoms in total. The molecule has 0 saturated heterocycles. The van der Waals surface area contributed by atoms with Crippen LogP contribution in [-0.4, -0.2) is 36.4 Å². The SMILES string of the molecule is CC/C=C\C/C=C\C/C=C\C/C=C\C/C=C\C/C=C\C/C=C\CCCCCC(=O)OC(CO)COC(=O)CCCCCCCC. The van der Waals surface area contributed by atoms with E-state index in [4.69, 9.17) is 9.47 Å². The van der Waals surface area contributed by atoms with Crippen LogP contribution in [-0.2, 0) is 19.1 Å². The molecule has 0 aliphatic carbocycles. The molecule has 1 atom stereocenters. The summed E-state index contributed by atoms with van der Waals surface area (Å²) in [5.74, 6) is -0.650. The number of ether oxygens (including phenoxy) is 2. The summed E-state index contributed by atoms with van der Waals surface area (Å²) in [7, 11) is 0. The van der Waals surface area contributed by atoms with Crippen molar-refractivity contribution in [2.24, 2.45) is 0 Å². The van der Waals surface area contributed by atoms with Crippen molar-refractivity contribution >= 4 is 11.9 Å². The Morgan fingerprint density at radius 3 is 1.44 bits per heavy atom. The van der Waals surface area contributed by atoms with Crippen LogP contribution < -0.4 is 0 Å². The number of hydrogen-bond donors (Lipinski definition) is 1. The van der Waals surface area contributed by atoms with Crippen LogP contribution in [0.3, 0.4) is 0 Å². The molecule has 1 unspecified atom stereocenters. The van der Waals surface area contributed by atoms with Crippen molar-refractivity contribution in [2.45, 2.75) is 142 Å². The van der Waals surface area contributed by atoms with Crippen molar-refractivity contribution in [2.75, 3.05) is 13.2 Å². The second-order valence-corrected chi connectivity index (χ2v) is 11.2. The molecule has 0 aliphatic rings. The third kappa shape index (κ3) is 33.8. The van der Waals surface area contributed by atoms with Crippen LogP contribution in [0.25, 0.3) is 0 Å². The molecule has 0 amide bonds. The Balaban J connectivity index is 3.70. The minimum atomic E-state index is -0.789. The van der Waals surface area contributed by atoms with Crippen LogP contribution in [0.1, 0.15) is 136 Å². The fourth-order valence-corrected chi connectivity index (χ4v) is 4.30. The molecule has 0 radical (unpaired) electrons. The normalized spacial score (nSPS) is 13.2. The van der Waals surface area contributed by atoms with Gasteiger partial charge >= 0.3 is 11.9 Å². The monoisotopic (exact) mass is 624 g/mol. The van der Waals surface area contributed by atoms with Gasteiger partial charge in [0, 0.05) is 12.8 Å². The molecule has 0 rings (SSSR count). The summed E-state index contributed by atoms with van der Waals surface area (Å²) in [5, 5.41) is 9.46. The van der Waals surface area contributed by atoms with Crippen LogP contribution in [0.5, 0.6) is 0 Å². The lowest BCUT2D eigenvalue weighted by Crippen LogP contribution is -2.28. The molecule has 0 fully saturated rings. The number of carbonyl (C=O) groups is 2. The number of rotatable bonds is 30. The van der Waals surface area contributed by atoms with Crippen LogP contribution in [0.15, 0.2) is 85.1 Å². The predicted octanol–water partition coefficient (Wildman–Crippen LogP) is 10.8. The summed E-state index contributed by atoms with van der Waals surface area (Å²) in [6.45, 7) is 3.90. The molecule has 0 heterocycles. The maximum absolute atomic E-state index is 12.1. The number of aliphatic hydroxyl groups excluding tert-OH is 1. The second-order valence-electron chi connectivity index (χ2n) is 11.2. The third-order valence-corrected chi connectivity index (χ3v) is 6.95. The van der Waals surface area contributed by atoms with Crippen molar-refractivity contribution in [1.29, 1.82) is 0 Å². The van der Waals surface area contributed by atoms with Crippen LogP contribution in [0.4, 0.5) is 0 Å². The Bertz CT molecular complexity index is 890. The van der Waals surface area contributed by atoms with E-state index in [0.29, 0.717) is 12.8 Å². The van der Waals surface area contributed by atoms with E-state index < -0.39 is 6.10 Å². The lowest BCUT2D eigenvalue weighted by molar-refractivity contribution is -0.161. The van der Waals surface area contributed by atoms with Gasteiger partial charge in [-0.3, -0.25) is 9.59 Å². The molecule has 0 aromatic carbocycles. The van der Waals surface area contributed by atoms with Gasteiger partial charge in [0.2, 0.25) is 0 Å². The Morgan fingerprint density at radius 1 is 0.533 bits per heavy atom. The molecular weight excluding hydrogens is 560 g/mol. The van der Waals surface area contributed by atoms with Gasteiger partial charge in [-0.25, -0.2) is 0 Å². The molecule has 1 N–H and O–H groups in total. The van der Waals surface area contributed by atoms with Crippen molar-refractivity contribution in [3.05, 3.63) is 85.1 Å². The molecule has 0 aliphatic heterocycles. The summed E-state index contributed by atoms with van der Waals surface area (Å²) in [5.41, 5.74) is 0. The number of carbonyl (C=O) groups excluding carboxylic acids is 2. The number of hydrogen-bond acceptors (Lipinski definition) is 5. The number of unbranched alkanes of at least 4 members (excludes halogenated alkanes) is 8. The van der Waals surface area contributed by atoms with E-state index in [1.54, 1.807) is 0 Å². The Morgan fingerprint density at radius 2 is 0.956 bits per heavy atom.